The van der Waals surface area contributed by atoms with Gasteiger partial charge in [0.2, 0.25) is 11.8 Å². The molecule has 2 aromatic carbocycles. The van der Waals surface area contributed by atoms with Gasteiger partial charge in [-0.25, -0.2) is 13.4 Å². The van der Waals surface area contributed by atoms with E-state index in [9.17, 15) is 27.3 Å². The quantitative estimate of drug-likeness (QED) is 0.365. The molecule has 1 N–H and O–H groups in total. The Bertz CT molecular complexity index is 1630. The number of anilines is 1. The van der Waals surface area contributed by atoms with Crippen LogP contribution in [0.1, 0.15) is 50.2 Å². The number of nitriles is 1. The third-order valence-corrected chi connectivity index (χ3v) is 10.2. The number of amides is 1. The third-order valence-electron chi connectivity index (χ3n) is 8.59. The summed E-state index contributed by atoms with van der Waals surface area (Å²) in [6, 6.07) is 15.9. The van der Waals surface area contributed by atoms with E-state index in [-0.39, 0.29) is 35.0 Å². The van der Waals surface area contributed by atoms with Gasteiger partial charge < -0.3 is 19.4 Å². The Morgan fingerprint density at radius 2 is 1.79 bits per heavy atom. The first-order valence-electron chi connectivity index (χ1n) is 14.5. The van der Waals surface area contributed by atoms with Crippen LogP contribution in [0.25, 0.3) is 22.7 Å². The number of sulfone groups is 1. The zero-order valence-electron chi connectivity index (χ0n) is 23.5. The molecule has 3 fully saturated rings. The average molecular weight is 611 g/mol. The molecule has 2 aliphatic carbocycles. The van der Waals surface area contributed by atoms with Crippen molar-refractivity contribution in [3.05, 3.63) is 54.3 Å². The third kappa shape index (κ3) is 6.22. The zero-order valence-corrected chi connectivity index (χ0v) is 24.3. The summed E-state index contributed by atoms with van der Waals surface area (Å²) in [5.74, 6) is 0.0196. The maximum absolute atomic E-state index is 13.6. The molecule has 9 nitrogen and oxygen atoms in total. The zero-order chi connectivity index (χ0) is 30.2. The second-order valence-electron chi connectivity index (χ2n) is 11.5. The van der Waals surface area contributed by atoms with Crippen molar-refractivity contribution in [3.8, 4) is 34.5 Å². The average Bonchev–Trinajstić information content (AvgIpc) is 3.64. The van der Waals surface area contributed by atoms with Gasteiger partial charge in [-0.1, -0.05) is 31.0 Å². The predicted octanol–water partition coefficient (Wildman–Crippen LogP) is 5.29. The SMILES string of the molecule is N#CC1(NC(=O)[C@@H]2CCCC[C@H]2c2oc(-c3ccc(OC(F)F)cc3)nc2-c2ccccc2N2CCS(=O)(=O)CC2)CC1. The molecule has 2 atom stereocenters. The molecular formula is C31H32F2N4O5S. The molecule has 1 amide bonds. The number of ether oxygens (including phenoxy) is 1. The number of aromatic nitrogens is 1. The molecule has 3 aromatic rings. The number of benzene rings is 2. The fraction of sp³-hybridized carbons (Fsp3) is 0.452. The van der Waals surface area contributed by atoms with Crippen molar-refractivity contribution in [2.45, 2.75) is 56.6 Å². The van der Waals surface area contributed by atoms with Gasteiger partial charge in [0.1, 0.15) is 22.7 Å². The van der Waals surface area contributed by atoms with Gasteiger partial charge in [-0.2, -0.15) is 14.0 Å². The molecule has 12 heteroatoms. The fourth-order valence-electron chi connectivity index (χ4n) is 6.06. The molecule has 6 rings (SSSR count). The lowest BCUT2D eigenvalue weighted by atomic mass is 9.76. The molecule has 0 spiro atoms. The van der Waals surface area contributed by atoms with Crippen molar-refractivity contribution < 1.29 is 31.1 Å². The molecule has 2 saturated carbocycles. The van der Waals surface area contributed by atoms with Gasteiger partial charge in [-0.05, 0) is 56.0 Å². The highest BCUT2D eigenvalue weighted by Crippen LogP contribution is 2.46. The summed E-state index contributed by atoms with van der Waals surface area (Å²) in [7, 11) is -3.10. The van der Waals surface area contributed by atoms with Crippen molar-refractivity contribution in [1.29, 1.82) is 5.26 Å². The van der Waals surface area contributed by atoms with Gasteiger partial charge in [0, 0.05) is 41.7 Å². The number of nitrogens with one attached hydrogen (secondary N) is 1. The lowest BCUT2D eigenvalue weighted by Gasteiger charge is -2.32. The van der Waals surface area contributed by atoms with Gasteiger partial charge in [-0.3, -0.25) is 4.79 Å². The highest BCUT2D eigenvalue weighted by atomic mass is 32.2. The molecule has 226 valence electrons. The van der Waals surface area contributed by atoms with Crippen LogP contribution in [0, 0.1) is 17.2 Å². The minimum absolute atomic E-state index is 0.00617. The molecule has 0 unspecified atom stereocenters. The van der Waals surface area contributed by atoms with Gasteiger partial charge in [0.25, 0.3) is 0 Å². The van der Waals surface area contributed by atoms with E-state index in [2.05, 4.69) is 16.1 Å². The molecule has 2 heterocycles. The van der Waals surface area contributed by atoms with Crippen molar-refractivity contribution in [2.75, 3.05) is 29.5 Å². The highest BCUT2D eigenvalue weighted by molar-refractivity contribution is 7.91. The summed E-state index contributed by atoms with van der Waals surface area (Å²) in [5, 5.41) is 12.6. The maximum Gasteiger partial charge on any atom is 0.387 e. The number of hydrogen-bond acceptors (Lipinski definition) is 8. The second kappa shape index (κ2) is 11.6. The van der Waals surface area contributed by atoms with E-state index in [0.717, 1.165) is 24.1 Å². The highest BCUT2D eigenvalue weighted by Gasteiger charge is 2.47. The Morgan fingerprint density at radius 1 is 1.09 bits per heavy atom. The van der Waals surface area contributed by atoms with Crippen LogP contribution < -0.4 is 15.0 Å². The minimum Gasteiger partial charge on any atom is -0.440 e. The monoisotopic (exact) mass is 610 g/mol. The van der Waals surface area contributed by atoms with Crippen LogP contribution in [0.3, 0.4) is 0 Å². The number of para-hydroxylation sites is 1. The molecule has 43 heavy (non-hydrogen) atoms. The van der Waals surface area contributed by atoms with Crippen LogP contribution in [0.5, 0.6) is 5.75 Å². The van der Waals surface area contributed by atoms with Crippen LogP contribution in [-0.2, 0) is 14.6 Å². The maximum atomic E-state index is 13.6. The summed E-state index contributed by atoms with van der Waals surface area (Å²) in [4.78, 5) is 20.5. The number of halogens is 2. The number of rotatable bonds is 8. The first-order valence-corrected chi connectivity index (χ1v) is 16.3. The van der Waals surface area contributed by atoms with Crippen LogP contribution in [-0.4, -0.2) is 56.1 Å². The smallest absolute Gasteiger partial charge is 0.387 e. The topological polar surface area (TPSA) is 126 Å². The van der Waals surface area contributed by atoms with Gasteiger partial charge in [0.15, 0.2) is 9.84 Å². The van der Waals surface area contributed by atoms with Gasteiger partial charge >= 0.3 is 6.61 Å². The number of alkyl halides is 2. The standard InChI is InChI=1S/C31H32F2N4O5S/c32-30(33)41-21-11-9-20(10-12-21)29-35-26(24-7-3-4-8-25(24)37-15-17-43(39,40)18-16-37)27(42-29)22-5-1-2-6-23(22)28(38)36-31(19-34)13-14-31/h3-4,7-12,22-23,30H,1-2,5-6,13-18H2,(H,36,38)/t22-,23-/m1/s1. The molecule has 1 aliphatic heterocycles. The molecule has 1 saturated heterocycles. The number of hydrogen-bond donors (Lipinski definition) is 1. The lowest BCUT2D eigenvalue weighted by molar-refractivity contribution is -0.127. The molecular weight excluding hydrogens is 578 g/mol. The minimum atomic E-state index is -3.10. The first kappa shape index (κ1) is 29.1. The second-order valence-corrected chi connectivity index (χ2v) is 13.8. The Kier molecular flexibility index (Phi) is 7.85. The summed E-state index contributed by atoms with van der Waals surface area (Å²) >= 11 is 0. The van der Waals surface area contributed by atoms with E-state index in [1.807, 2.05) is 29.2 Å². The van der Waals surface area contributed by atoms with Crippen LogP contribution >= 0.6 is 0 Å². The van der Waals surface area contributed by atoms with Crippen LogP contribution in [0.2, 0.25) is 0 Å². The molecule has 0 radical (unpaired) electrons. The van der Waals surface area contributed by atoms with Crippen molar-refractivity contribution >= 4 is 21.4 Å². The van der Waals surface area contributed by atoms with Crippen molar-refractivity contribution in [1.82, 2.24) is 10.3 Å². The van der Waals surface area contributed by atoms with E-state index in [1.165, 1.54) is 12.1 Å². The first-order chi connectivity index (χ1) is 20.7. The van der Waals surface area contributed by atoms with E-state index >= 15 is 0 Å². The van der Waals surface area contributed by atoms with Gasteiger partial charge in [0.05, 0.1) is 17.6 Å². The Labute approximate surface area is 248 Å². The fourth-order valence-corrected chi connectivity index (χ4v) is 7.26. The summed E-state index contributed by atoms with van der Waals surface area (Å²) in [5.41, 5.74) is 1.88. The number of carbonyl (C=O) groups is 1. The Morgan fingerprint density at radius 3 is 2.47 bits per heavy atom. The summed E-state index contributed by atoms with van der Waals surface area (Å²) in [6.45, 7) is -2.26. The van der Waals surface area contributed by atoms with E-state index in [0.29, 0.717) is 55.8 Å². The molecule has 0 bridgehead atoms. The van der Waals surface area contributed by atoms with E-state index < -0.39 is 27.9 Å². The number of carbonyl (C=O) groups excluding carboxylic acids is 1. The molecule has 1 aromatic heterocycles. The van der Waals surface area contributed by atoms with Crippen LogP contribution in [0.15, 0.2) is 52.9 Å². The van der Waals surface area contributed by atoms with Crippen molar-refractivity contribution in [2.24, 2.45) is 5.92 Å². The predicted molar refractivity (Wildman–Crippen MR) is 155 cm³/mol. The largest absolute Gasteiger partial charge is 0.440 e. The van der Waals surface area contributed by atoms with E-state index in [1.54, 1.807) is 12.1 Å². The molecule has 3 aliphatic rings. The van der Waals surface area contributed by atoms with Crippen molar-refractivity contribution in [3.63, 3.8) is 0 Å². The number of oxazole rings is 1. The van der Waals surface area contributed by atoms with Gasteiger partial charge in [-0.15, -0.1) is 0 Å². The lowest BCUT2D eigenvalue weighted by Crippen LogP contribution is -2.42. The van der Waals surface area contributed by atoms with Crippen LogP contribution in [0.4, 0.5) is 14.5 Å². The summed E-state index contributed by atoms with van der Waals surface area (Å²) < 4.78 is 60.7. The van der Waals surface area contributed by atoms with E-state index in [4.69, 9.17) is 9.40 Å². The Hall–Kier alpha value is -3.98. The Balaban J connectivity index is 1.42. The normalized spacial score (nSPS) is 22.5. The number of nitrogens with zero attached hydrogens (tertiary/aromatic N) is 3. The summed E-state index contributed by atoms with van der Waals surface area (Å²) in [6.07, 6.45) is 4.35.